The summed E-state index contributed by atoms with van der Waals surface area (Å²) in [6, 6.07) is 5.16. The molecule has 0 aliphatic carbocycles. The van der Waals surface area contributed by atoms with E-state index in [1.807, 2.05) is 19.9 Å². The Kier molecular flexibility index (Phi) is 3.41. The molecule has 0 saturated heterocycles. The summed E-state index contributed by atoms with van der Waals surface area (Å²) in [7, 11) is -4.19. The van der Waals surface area contributed by atoms with Gasteiger partial charge in [-0.1, -0.05) is 12.5 Å². The zero-order valence-corrected chi connectivity index (χ0v) is 9.32. The first-order chi connectivity index (χ1) is 6.93. The molecule has 1 aromatic carbocycles. The highest BCUT2D eigenvalue weighted by atomic mass is 31.2. The number of benzene rings is 1. The van der Waals surface area contributed by atoms with Crippen molar-refractivity contribution in [3.63, 3.8) is 0 Å². The van der Waals surface area contributed by atoms with Crippen LogP contribution in [-0.4, -0.2) is 4.89 Å². The first-order valence-corrected chi connectivity index (χ1v) is 5.67. The summed E-state index contributed by atoms with van der Waals surface area (Å²) in [6.07, 6.45) is 6.36. The molecule has 80 valence electrons. The van der Waals surface area contributed by atoms with E-state index in [0.29, 0.717) is 0 Å². The Balaban J connectivity index is 2.90. The molecule has 1 aromatic rings. The summed E-state index contributed by atoms with van der Waals surface area (Å²) in [4.78, 5) is 9.12. The predicted octanol–water partition coefficient (Wildman–Crippen LogP) is 2.39. The molecule has 0 aliphatic rings. The Morgan fingerprint density at radius 2 is 1.87 bits per heavy atom. The van der Waals surface area contributed by atoms with Crippen molar-refractivity contribution in [2.75, 3.05) is 0 Å². The summed E-state index contributed by atoms with van der Waals surface area (Å²) in [5.74, 6) is 0.258. The fourth-order valence-electron chi connectivity index (χ4n) is 1.20. The van der Waals surface area contributed by atoms with Gasteiger partial charge < -0.3 is 9.05 Å². The molecule has 4 nitrogen and oxygen atoms in total. The standard InChI is InChI=1S/C10H11O4P/c1-4-13-15(11,12)14-10-6-8(2)5-9(3)7-10/h1,5-7H,2-3H3,(H,11,12). The highest BCUT2D eigenvalue weighted by molar-refractivity contribution is 7.48. The fraction of sp³-hybridized carbons (Fsp3) is 0.200. The lowest BCUT2D eigenvalue weighted by atomic mass is 10.1. The molecular weight excluding hydrogens is 215 g/mol. The molecular formula is C10H11O4P. The van der Waals surface area contributed by atoms with E-state index in [9.17, 15) is 4.57 Å². The third-order valence-corrected chi connectivity index (χ3v) is 2.36. The molecule has 0 amide bonds. The van der Waals surface area contributed by atoms with Crippen molar-refractivity contribution in [2.24, 2.45) is 0 Å². The Hall–Kier alpha value is -1.43. The first kappa shape index (κ1) is 11.6. The second kappa shape index (κ2) is 4.39. The van der Waals surface area contributed by atoms with E-state index < -0.39 is 7.82 Å². The van der Waals surface area contributed by atoms with Crippen LogP contribution in [0.5, 0.6) is 5.75 Å². The summed E-state index contributed by atoms with van der Waals surface area (Å²) in [5, 5.41) is 0. The van der Waals surface area contributed by atoms with Gasteiger partial charge in [0.25, 0.3) is 0 Å². The van der Waals surface area contributed by atoms with Crippen molar-refractivity contribution in [1.82, 2.24) is 0 Å². The summed E-state index contributed by atoms with van der Waals surface area (Å²) in [6.45, 7) is 3.70. The minimum absolute atomic E-state index is 0.258. The lowest BCUT2D eigenvalue weighted by Crippen LogP contribution is -1.94. The third kappa shape index (κ3) is 3.67. The molecule has 1 atom stereocenters. The Labute approximate surface area is 88.5 Å². The van der Waals surface area contributed by atoms with Crippen LogP contribution in [0, 0.1) is 26.4 Å². The SMILES string of the molecule is C#COP(=O)(O)Oc1cc(C)cc(C)c1. The molecule has 1 rings (SSSR count). The molecule has 5 heteroatoms. The van der Waals surface area contributed by atoms with E-state index in [0.717, 1.165) is 11.1 Å². The molecule has 0 aromatic heterocycles. The Morgan fingerprint density at radius 1 is 1.33 bits per heavy atom. The monoisotopic (exact) mass is 226 g/mol. The van der Waals surface area contributed by atoms with Crippen LogP contribution in [0.15, 0.2) is 18.2 Å². The van der Waals surface area contributed by atoms with Gasteiger partial charge in [0.1, 0.15) is 11.9 Å². The van der Waals surface area contributed by atoms with Crippen molar-refractivity contribution in [3.8, 4) is 18.3 Å². The number of hydrogen-bond donors (Lipinski definition) is 1. The molecule has 0 bridgehead atoms. The number of rotatable bonds is 3. The van der Waals surface area contributed by atoms with E-state index in [2.05, 4.69) is 4.52 Å². The van der Waals surface area contributed by atoms with E-state index in [1.54, 1.807) is 18.2 Å². The summed E-state index contributed by atoms with van der Waals surface area (Å²) in [5.41, 5.74) is 1.84. The normalized spacial score (nSPS) is 13.7. The van der Waals surface area contributed by atoms with Crippen molar-refractivity contribution in [2.45, 2.75) is 13.8 Å². The van der Waals surface area contributed by atoms with Crippen LogP contribution < -0.4 is 4.52 Å². The number of hydrogen-bond acceptors (Lipinski definition) is 3. The van der Waals surface area contributed by atoms with Gasteiger partial charge in [-0.25, -0.2) is 4.57 Å². The second-order valence-electron chi connectivity index (χ2n) is 3.09. The van der Waals surface area contributed by atoms with Gasteiger partial charge in [0.2, 0.25) is 0 Å². The molecule has 1 N–H and O–H groups in total. The largest absolute Gasteiger partial charge is 0.593 e. The molecule has 0 spiro atoms. The van der Waals surface area contributed by atoms with E-state index in [4.69, 9.17) is 15.8 Å². The molecule has 1 unspecified atom stereocenters. The predicted molar refractivity (Wildman–Crippen MR) is 56.3 cm³/mol. The smallest absolute Gasteiger partial charge is 0.395 e. The molecule has 0 heterocycles. The highest BCUT2D eigenvalue weighted by Gasteiger charge is 2.23. The maximum atomic E-state index is 11.2. The molecule has 0 fully saturated rings. The van der Waals surface area contributed by atoms with Crippen molar-refractivity contribution < 1.29 is 18.5 Å². The summed E-state index contributed by atoms with van der Waals surface area (Å²) >= 11 is 0. The van der Waals surface area contributed by atoms with Gasteiger partial charge in [0.15, 0.2) is 0 Å². The maximum Gasteiger partial charge on any atom is 0.593 e. The van der Waals surface area contributed by atoms with Gasteiger partial charge in [-0.05, 0) is 37.1 Å². The van der Waals surface area contributed by atoms with Gasteiger partial charge in [-0.2, -0.15) is 0 Å². The van der Waals surface area contributed by atoms with Gasteiger partial charge >= 0.3 is 7.82 Å². The summed E-state index contributed by atoms with van der Waals surface area (Å²) < 4.78 is 20.1. The van der Waals surface area contributed by atoms with Gasteiger partial charge in [0, 0.05) is 0 Å². The lowest BCUT2D eigenvalue weighted by Gasteiger charge is -2.10. The highest BCUT2D eigenvalue weighted by Crippen LogP contribution is 2.43. The fourth-order valence-corrected chi connectivity index (χ4v) is 1.75. The minimum atomic E-state index is -4.19. The first-order valence-electron chi connectivity index (χ1n) is 4.18. The molecule has 15 heavy (non-hydrogen) atoms. The zero-order chi connectivity index (χ0) is 11.5. The van der Waals surface area contributed by atoms with E-state index in [1.165, 1.54) is 0 Å². The number of phosphoric ester groups is 1. The van der Waals surface area contributed by atoms with Crippen molar-refractivity contribution >= 4 is 7.82 Å². The van der Waals surface area contributed by atoms with Crippen molar-refractivity contribution in [1.29, 1.82) is 0 Å². The van der Waals surface area contributed by atoms with Crippen LogP contribution >= 0.6 is 7.82 Å². The van der Waals surface area contributed by atoms with Crippen LogP contribution in [-0.2, 0) is 9.09 Å². The third-order valence-electron chi connectivity index (χ3n) is 1.58. The van der Waals surface area contributed by atoms with Gasteiger partial charge in [-0.3, -0.25) is 4.89 Å². The van der Waals surface area contributed by atoms with Crippen LogP contribution in [0.25, 0.3) is 0 Å². The Morgan fingerprint density at radius 3 is 2.33 bits per heavy atom. The lowest BCUT2D eigenvalue weighted by molar-refractivity contribution is 0.277. The molecule has 0 radical (unpaired) electrons. The zero-order valence-electron chi connectivity index (χ0n) is 8.43. The Bertz CT molecular complexity index is 427. The number of terminal acetylenes is 1. The number of aryl methyl sites for hydroxylation is 2. The van der Waals surface area contributed by atoms with Gasteiger partial charge in [0.05, 0.1) is 0 Å². The average molecular weight is 226 g/mol. The van der Waals surface area contributed by atoms with Crippen LogP contribution in [0.3, 0.4) is 0 Å². The van der Waals surface area contributed by atoms with Crippen LogP contribution in [0.1, 0.15) is 11.1 Å². The van der Waals surface area contributed by atoms with E-state index >= 15 is 0 Å². The second-order valence-corrected chi connectivity index (χ2v) is 4.39. The van der Waals surface area contributed by atoms with Gasteiger partial charge in [-0.15, -0.1) is 0 Å². The number of phosphoric acid groups is 1. The topological polar surface area (TPSA) is 55.8 Å². The molecule has 0 saturated carbocycles. The minimum Gasteiger partial charge on any atom is -0.395 e. The average Bonchev–Trinajstić information content (AvgIpc) is 1.99. The van der Waals surface area contributed by atoms with Crippen LogP contribution in [0.4, 0.5) is 0 Å². The van der Waals surface area contributed by atoms with Crippen molar-refractivity contribution in [3.05, 3.63) is 29.3 Å². The van der Waals surface area contributed by atoms with E-state index in [-0.39, 0.29) is 5.75 Å². The van der Waals surface area contributed by atoms with Crippen LogP contribution in [0.2, 0.25) is 0 Å². The maximum absolute atomic E-state index is 11.2. The molecule has 0 aliphatic heterocycles. The quantitative estimate of drug-likeness (QED) is 0.635.